The predicted molar refractivity (Wildman–Crippen MR) is 142 cm³/mol. The van der Waals surface area contributed by atoms with E-state index in [9.17, 15) is 15.2 Å². The Balaban J connectivity index is 1.39. The van der Waals surface area contributed by atoms with Gasteiger partial charge in [0, 0.05) is 29.8 Å². The van der Waals surface area contributed by atoms with Crippen LogP contribution in [-0.4, -0.2) is 55.2 Å². The molecule has 3 heterocycles. The van der Waals surface area contributed by atoms with Crippen LogP contribution >= 0.6 is 0 Å². The molecule has 1 aliphatic heterocycles. The summed E-state index contributed by atoms with van der Waals surface area (Å²) in [7, 11) is 1.86. The number of nitrogens with zero attached hydrogens (tertiary/aromatic N) is 6. The van der Waals surface area contributed by atoms with E-state index < -0.39 is 12.7 Å². The van der Waals surface area contributed by atoms with Gasteiger partial charge in [0.2, 0.25) is 0 Å². The van der Waals surface area contributed by atoms with Crippen LogP contribution in [0.5, 0.6) is 5.75 Å². The van der Waals surface area contributed by atoms with Crippen molar-refractivity contribution < 1.29 is 19.7 Å². The number of nitriles is 1. The van der Waals surface area contributed by atoms with Gasteiger partial charge in [-0.15, -0.1) is 10.2 Å². The van der Waals surface area contributed by atoms with Crippen LogP contribution < -0.4 is 9.64 Å². The van der Waals surface area contributed by atoms with Crippen molar-refractivity contribution in [2.24, 2.45) is 7.05 Å². The Morgan fingerprint density at radius 2 is 1.97 bits per heavy atom. The van der Waals surface area contributed by atoms with E-state index in [4.69, 9.17) is 14.8 Å². The smallest absolute Gasteiger partial charge is 0.260 e. The normalized spacial score (nSPS) is 15.2. The number of carbonyl (C=O) groups is 1. The molecule has 39 heavy (non-hydrogen) atoms. The molecule has 10 nitrogen and oxygen atoms in total. The largest absolute Gasteiger partial charge is 0.491 e. The number of aryl methyl sites for hydroxylation is 1. The first kappa shape index (κ1) is 24.7. The molecule has 6 rings (SSSR count). The Labute approximate surface area is 224 Å². The molecule has 2 N–H and O–H groups in total. The van der Waals surface area contributed by atoms with E-state index in [0.29, 0.717) is 41.0 Å². The average molecular weight is 523 g/mol. The average Bonchev–Trinajstić information content (AvgIpc) is 3.66. The van der Waals surface area contributed by atoms with Gasteiger partial charge in [-0.05, 0) is 65.9 Å². The highest BCUT2D eigenvalue weighted by molar-refractivity contribution is 6.10. The number of hydrogen-bond acceptors (Lipinski definition) is 8. The van der Waals surface area contributed by atoms with Gasteiger partial charge in [-0.1, -0.05) is 12.1 Å². The Morgan fingerprint density at radius 3 is 2.69 bits per heavy atom. The fraction of sp³-hybridized carbons (Fsp3) is 0.276. The van der Waals surface area contributed by atoms with Crippen molar-refractivity contribution in [2.75, 3.05) is 18.1 Å². The minimum Gasteiger partial charge on any atom is -0.491 e. The first-order chi connectivity index (χ1) is 18.9. The molecule has 0 saturated heterocycles. The zero-order valence-corrected chi connectivity index (χ0v) is 21.3. The predicted octanol–water partition coefficient (Wildman–Crippen LogP) is 3.19. The summed E-state index contributed by atoms with van der Waals surface area (Å²) in [6, 6.07) is 16.9. The summed E-state index contributed by atoms with van der Waals surface area (Å²) >= 11 is 0. The minimum atomic E-state index is -0.994. The molecule has 1 saturated carbocycles. The Kier molecular flexibility index (Phi) is 6.30. The van der Waals surface area contributed by atoms with E-state index in [0.717, 1.165) is 40.8 Å². The second kappa shape index (κ2) is 9.94. The van der Waals surface area contributed by atoms with Crippen LogP contribution in [0.2, 0.25) is 0 Å². The van der Waals surface area contributed by atoms with E-state index >= 15 is 0 Å². The van der Waals surface area contributed by atoms with Crippen LogP contribution in [0.3, 0.4) is 0 Å². The van der Waals surface area contributed by atoms with Crippen molar-refractivity contribution in [3.8, 4) is 34.3 Å². The number of pyridine rings is 1. The van der Waals surface area contributed by atoms with Gasteiger partial charge in [-0.3, -0.25) is 9.69 Å². The fourth-order valence-corrected chi connectivity index (χ4v) is 4.80. The number of benzene rings is 2. The zero-order valence-electron chi connectivity index (χ0n) is 21.3. The third-order valence-corrected chi connectivity index (χ3v) is 7.05. The summed E-state index contributed by atoms with van der Waals surface area (Å²) in [5.74, 6) is 1.80. The molecule has 0 radical (unpaired) electrons. The van der Waals surface area contributed by atoms with Crippen molar-refractivity contribution in [3.05, 3.63) is 77.2 Å². The second-order valence-corrected chi connectivity index (χ2v) is 9.91. The Morgan fingerprint density at radius 1 is 1.13 bits per heavy atom. The second-order valence-electron chi connectivity index (χ2n) is 9.91. The Bertz CT molecular complexity index is 1620. The zero-order chi connectivity index (χ0) is 27.1. The number of amides is 1. The van der Waals surface area contributed by atoms with E-state index in [1.807, 2.05) is 35.9 Å². The highest BCUT2D eigenvalue weighted by atomic mass is 16.5. The number of anilines is 1. The van der Waals surface area contributed by atoms with Crippen molar-refractivity contribution >= 4 is 11.7 Å². The SMILES string of the molecule is Cn1cnnc1-c1cc(C#N)ccc1-c1cc(C2CC2)nc(N2Cc3ccc(OC[C@@H](O)CO)cc3C2=O)c1. The van der Waals surface area contributed by atoms with Crippen LogP contribution in [0.15, 0.2) is 54.9 Å². The van der Waals surface area contributed by atoms with Gasteiger partial charge in [-0.25, -0.2) is 4.98 Å². The third kappa shape index (κ3) is 4.74. The molecule has 1 fully saturated rings. The number of fused-ring (bicyclic) bond motifs is 1. The van der Waals surface area contributed by atoms with Crippen molar-refractivity contribution in [1.82, 2.24) is 19.7 Å². The fourth-order valence-electron chi connectivity index (χ4n) is 4.80. The van der Waals surface area contributed by atoms with E-state index in [-0.39, 0.29) is 12.5 Å². The van der Waals surface area contributed by atoms with Crippen LogP contribution in [0, 0.1) is 11.3 Å². The van der Waals surface area contributed by atoms with Gasteiger partial charge in [0.1, 0.15) is 30.6 Å². The number of rotatable bonds is 8. The Hall–Kier alpha value is -4.59. The topological polar surface area (TPSA) is 137 Å². The number of aliphatic hydroxyl groups is 2. The maximum atomic E-state index is 13.6. The number of hydrogen-bond donors (Lipinski definition) is 2. The number of aliphatic hydroxyl groups excluding tert-OH is 2. The molecule has 1 amide bonds. The molecular weight excluding hydrogens is 496 g/mol. The summed E-state index contributed by atoms with van der Waals surface area (Å²) < 4.78 is 7.36. The molecule has 2 aromatic carbocycles. The maximum absolute atomic E-state index is 13.6. The lowest BCUT2D eigenvalue weighted by Gasteiger charge is -2.18. The highest BCUT2D eigenvalue weighted by Crippen LogP contribution is 2.43. The first-order valence-corrected chi connectivity index (χ1v) is 12.7. The monoisotopic (exact) mass is 522 g/mol. The first-order valence-electron chi connectivity index (χ1n) is 12.7. The number of carbonyl (C=O) groups excluding carboxylic acids is 1. The highest BCUT2D eigenvalue weighted by Gasteiger charge is 2.32. The maximum Gasteiger partial charge on any atom is 0.260 e. The summed E-state index contributed by atoms with van der Waals surface area (Å²) in [4.78, 5) is 20.1. The third-order valence-electron chi connectivity index (χ3n) is 7.05. The van der Waals surface area contributed by atoms with Crippen molar-refractivity contribution in [2.45, 2.75) is 31.4 Å². The molecule has 1 atom stereocenters. The van der Waals surface area contributed by atoms with Gasteiger partial charge in [-0.2, -0.15) is 5.26 Å². The lowest BCUT2D eigenvalue weighted by atomic mass is 9.96. The lowest BCUT2D eigenvalue weighted by molar-refractivity contribution is 0.0536. The van der Waals surface area contributed by atoms with Gasteiger partial charge in [0.25, 0.3) is 5.91 Å². The molecule has 4 aromatic rings. The molecule has 196 valence electrons. The molecule has 0 unspecified atom stereocenters. The van der Waals surface area contributed by atoms with Crippen LogP contribution in [0.25, 0.3) is 22.5 Å². The molecular formula is C29H26N6O4. The van der Waals surface area contributed by atoms with Gasteiger partial charge in [0.15, 0.2) is 5.82 Å². The van der Waals surface area contributed by atoms with Crippen molar-refractivity contribution in [3.63, 3.8) is 0 Å². The van der Waals surface area contributed by atoms with Gasteiger partial charge < -0.3 is 19.5 Å². The standard InChI is InChI=1S/C29H26N6O4/c1-34-16-31-33-28(34)25-8-17(12-30)2-7-23(25)20-9-26(18-3-4-18)32-27(10-20)35-13-19-5-6-22(11-24(19)29(35)38)39-15-21(37)14-36/h2,5-11,16,18,21,36-37H,3-4,13-15H2,1H3/t21-/m0/s1. The van der Waals surface area contributed by atoms with Gasteiger partial charge >= 0.3 is 0 Å². The molecule has 10 heteroatoms. The summed E-state index contributed by atoms with van der Waals surface area (Å²) in [5, 5.41) is 36.5. The number of ether oxygens (including phenoxy) is 1. The molecule has 0 bridgehead atoms. The van der Waals surface area contributed by atoms with E-state index in [2.05, 4.69) is 22.3 Å². The van der Waals surface area contributed by atoms with Crippen molar-refractivity contribution in [1.29, 1.82) is 5.26 Å². The number of aromatic nitrogens is 4. The van der Waals surface area contributed by atoms with Crippen LogP contribution in [-0.2, 0) is 13.6 Å². The molecule has 2 aliphatic rings. The minimum absolute atomic E-state index is 0.0695. The van der Waals surface area contributed by atoms with Gasteiger partial charge in [0.05, 0.1) is 24.8 Å². The summed E-state index contributed by atoms with van der Waals surface area (Å²) in [5.41, 5.74) is 5.35. The van der Waals surface area contributed by atoms with Crippen LogP contribution in [0.4, 0.5) is 5.82 Å². The summed E-state index contributed by atoms with van der Waals surface area (Å²) in [6.45, 7) is -0.0988. The molecule has 1 aliphatic carbocycles. The van der Waals surface area contributed by atoms with E-state index in [1.165, 1.54) is 0 Å². The van der Waals surface area contributed by atoms with Crippen LogP contribution in [0.1, 0.15) is 45.9 Å². The molecule has 0 spiro atoms. The molecule has 2 aromatic heterocycles. The lowest BCUT2D eigenvalue weighted by Crippen LogP contribution is -2.24. The quantitative estimate of drug-likeness (QED) is 0.360. The summed E-state index contributed by atoms with van der Waals surface area (Å²) in [6.07, 6.45) is 2.72. The van der Waals surface area contributed by atoms with E-state index in [1.54, 1.807) is 29.4 Å².